The number of sulfonamides is 1. The summed E-state index contributed by atoms with van der Waals surface area (Å²) in [4.78, 5) is 13.2. The molecule has 36 heavy (non-hydrogen) atoms. The van der Waals surface area contributed by atoms with Gasteiger partial charge in [-0.05, 0) is 55.5 Å². The average molecular weight is 500 g/mol. The molecule has 180 valence electrons. The van der Waals surface area contributed by atoms with Gasteiger partial charge in [-0.3, -0.25) is 9.10 Å². The van der Waals surface area contributed by atoms with E-state index in [2.05, 4.69) is 22.9 Å². The molecule has 8 heteroatoms. The predicted octanol–water partition coefficient (Wildman–Crippen LogP) is 5.77. The highest BCUT2D eigenvalue weighted by Gasteiger charge is 2.36. The third kappa shape index (κ3) is 3.37. The fraction of sp³-hybridized carbons (Fsp3) is 0.107. The number of hydrogen-bond acceptors (Lipinski definition) is 3. The number of aromatic nitrogens is 1. The van der Waals surface area contributed by atoms with Crippen LogP contribution in [0, 0.1) is 5.82 Å². The number of halogens is 1. The second-order valence-corrected chi connectivity index (χ2v) is 10.5. The van der Waals surface area contributed by atoms with E-state index in [0.29, 0.717) is 16.8 Å². The Morgan fingerprint density at radius 2 is 1.61 bits per heavy atom. The lowest BCUT2D eigenvalue weighted by molar-refractivity contribution is -0.114. The Hall–Kier alpha value is -4.17. The van der Waals surface area contributed by atoms with Crippen LogP contribution in [0.2, 0.25) is 0 Å². The molecule has 0 unspecified atom stereocenters. The monoisotopic (exact) mass is 499 g/mol. The Kier molecular flexibility index (Phi) is 5.08. The normalized spacial score (nSPS) is 14.0. The molecule has 0 bridgehead atoms. The fourth-order valence-corrected chi connectivity index (χ4v) is 6.73. The molecule has 0 radical (unpaired) electrons. The maximum Gasteiger partial charge on any atom is 0.265 e. The van der Waals surface area contributed by atoms with Crippen molar-refractivity contribution in [2.24, 2.45) is 0 Å². The lowest BCUT2D eigenvalue weighted by Gasteiger charge is -2.31. The summed E-state index contributed by atoms with van der Waals surface area (Å²) < 4.78 is 44.2. The summed E-state index contributed by atoms with van der Waals surface area (Å²) in [5, 5.41) is 4.93. The Bertz CT molecular complexity index is 1790. The van der Waals surface area contributed by atoms with Gasteiger partial charge in [0.15, 0.2) is 0 Å². The molecule has 2 heterocycles. The van der Waals surface area contributed by atoms with Crippen LogP contribution < -0.4 is 9.62 Å². The molecular weight excluding hydrogens is 477 g/mol. The first-order valence-corrected chi connectivity index (χ1v) is 13.0. The van der Waals surface area contributed by atoms with Gasteiger partial charge in [-0.1, -0.05) is 36.4 Å². The molecule has 1 N–H and O–H groups in total. The molecule has 0 saturated heterocycles. The predicted molar refractivity (Wildman–Crippen MR) is 140 cm³/mol. The van der Waals surface area contributed by atoms with E-state index in [1.807, 2.05) is 36.4 Å². The zero-order valence-corrected chi connectivity index (χ0v) is 20.2. The first-order chi connectivity index (χ1) is 17.4. The van der Waals surface area contributed by atoms with Crippen molar-refractivity contribution in [3.05, 3.63) is 90.7 Å². The number of nitrogens with zero attached hydrogens (tertiary/aromatic N) is 2. The molecule has 6 nitrogen and oxygen atoms in total. The van der Waals surface area contributed by atoms with Gasteiger partial charge >= 0.3 is 0 Å². The van der Waals surface area contributed by atoms with Crippen molar-refractivity contribution in [2.45, 2.75) is 18.4 Å². The summed E-state index contributed by atoms with van der Waals surface area (Å²) in [6.45, 7) is 2.45. The van der Waals surface area contributed by atoms with E-state index >= 15 is 0 Å². The van der Waals surface area contributed by atoms with Crippen LogP contribution in [0.4, 0.5) is 15.8 Å². The van der Waals surface area contributed by atoms with Crippen molar-refractivity contribution >= 4 is 49.1 Å². The van der Waals surface area contributed by atoms with Crippen molar-refractivity contribution in [3.8, 4) is 11.1 Å². The van der Waals surface area contributed by atoms with Crippen molar-refractivity contribution in [3.63, 3.8) is 0 Å². The molecule has 1 aliphatic rings. The third-order valence-electron chi connectivity index (χ3n) is 6.63. The number of nitrogens with one attached hydrogen (secondary N) is 1. The summed E-state index contributed by atoms with van der Waals surface area (Å²) in [5.74, 6) is -0.974. The van der Waals surface area contributed by atoms with Crippen LogP contribution in [0.3, 0.4) is 0 Å². The van der Waals surface area contributed by atoms with Gasteiger partial charge in [0, 0.05) is 45.2 Å². The van der Waals surface area contributed by atoms with Crippen LogP contribution in [-0.4, -0.2) is 25.4 Å². The van der Waals surface area contributed by atoms with Crippen LogP contribution in [0.25, 0.3) is 32.9 Å². The van der Waals surface area contributed by atoms with Crippen molar-refractivity contribution in [2.75, 3.05) is 16.2 Å². The second-order valence-electron chi connectivity index (χ2n) is 8.71. The van der Waals surface area contributed by atoms with Crippen LogP contribution in [0.5, 0.6) is 0 Å². The smallest absolute Gasteiger partial charge is 0.265 e. The minimum absolute atomic E-state index is 0.0460. The number of fused-ring (bicyclic) bond motifs is 6. The van der Waals surface area contributed by atoms with Crippen molar-refractivity contribution in [1.29, 1.82) is 0 Å². The van der Waals surface area contributed by atoms with Crippen molar-refractivity contribution in [1.82, 2.24) is 4.57 Å². The lowest BCUT2D eigenvalue weighted by atomic mass is 10.0. The molecule has 1 amide bonds. The Labute approximate surface area is 207 Å². The number of anilines is 2. The second kappa shape index (κ2) is 8.20. The minimum Gasteiger partial charge on any atom is -0.341 e. The standard InChI is InChI=1S/C28H22FN3O3S/c1-2-31-24-9-5-3-7-20(24)23-16-19(12-14-25(23)31)30-28(33)17-32-26-13-11-18(29)15-22(26)21-8-4-6-10-27(21)36(32,34)35/h3-16H,2,17H2,1H3,(H,30,33). The number of para-hydroxylation sites is 1. The van der Waals surface area contributed by atoms with E-state index in [1.54, 1.807) is 18.2 Å². The summed E-state index contributed by atoms with van der Waals surface area (Å²) >= 11 is 0. The average Bonchev–Trinajstić information content (AvgIpc) is 3.20. The number of aryl methyl sites for hydroxylation is 1. The van der Waals surface area contributed by atoms with Gasteiger partial charge in [0.25, 0.3) is 10.0 Å². The van der Waals surface area contributed by atoms with Gasteiger partial charge in [0.1, 0.15) is 12.4 Å². The Morgan fingerprint density at radius 3 is 2.44 bits per heavy atom. The molecule has 0 fully saturated rings. The van der Waals surface area contributed by atoms with E-state index in [0.717, 1.165) is 32.7 Å². The van der Waals surface area contributed by atoms with Crippen LogP contribution in [0.15, 0.2) is 89.8 Å². The van der Waals surface area contributed by atoms with Gasteiger partial charge in [-0.2, -0.15) is 0 Å². The number of benzene rings is 4. The summed E-state index contributed by atoms with van der Waals surface area (Å²) in [6, 6.07) is 24.1. The third-order valence-corrected chi connectivity index (χ3v) is 8.45. The molecule has 1 aromatic heterocycles. The van der Waals surface area contributed by atoms with E-state index in [9.17, 15) is 17.6 Å². The van der Waals surface area contributed by atoms with Crippen LogP contribution in [0.1, 0.15) is 6.92 Å². The highest BCUT2D eigenvalue weighted by molar-refractivity contribution is 7.93. The first kappa shape index (κ1) is 22.3. The highest BCUT2D eigenvalue weighted by atomic mass is 32.2. The molecule has 0 atom stereocenters. The summed E-state index contributed by atoms with van der Waals surface area (Å²) in [7, 11) is -4.01. The maximum atomic E-state index is 14.1. The van der Waals surface area contributed by atoms with E-state index < -0.39 is 28.3 Å². The molecule has 0 aliphatic carbocycles. The minimum atomic E-state index is -4.01. The number of carbonyl (C=O) groups excluding carboxylic acids is 1. The highest BCUT2D eigenvalue weighted by Crippen LogP contribution is 2.43. The zero-order chi connectivity index (χ0) is 25.0. The lowest BCUT2D eigenvalue weighted by Crippen LogP contribution is -2.40. The molecular formula is C28H22FN3O3S. The molecule has 4 aromatic carbocycles. The largest absolute Gasteiger partial charge is 0.341 e. The van der Waals surface area contributed by atoms with Crippen LogP contribution >= 0.6 is 0 Å². The van der Waals surface area contributed by atoms with E-state index in [-0.39, 0.29) is 10.6 Å². The van der Waals surface area contributed by atoms with E-state index in [1.165, 1.54) is 24.3 Å². The first-order valence-electron chi connectivity index (χ1n) is 11.6. The molecule has 5 aromatic rings. The number of rotatable bonds is 4. The van der Waals surface area contributed by atoms with Crippen LogP contribution in [-0.2, 0) is 21.4 Å². The quantitative estimate of drug-likeness (QED) is 0.341. The molecule has 0 spiro atoms. The van der Waals surface area contributed by atoms with Gasteiger partial charge in [-0.15, -0.1) is 0 Å². The summed E-state index contributed by atoms with van der Waals surface area (Å²) in [6.07, 6.45) is 0. The van der Waals surface area contributed by atoms with Gasteiger partial charge in [0.05, 0.1) is 10.6 Å². The maximum absolute atomic E-state index is 14.1. The van der Waals surface area contributed by atoms with E-state index in [4.69, 9.17) is 0 Å². The van der Waals surface area contributed by atoms with Crippen molar-refractivity contribution < 1.29 is 17.6 Å². The van der Waals surface area contributed by atoms with Gasteiger partial charge in [-0.25, -0.2) is 12.8 Å². The Morgan fingerprint density at radius 1 is 0.861 bits per heavy atom. The fourth-order valence-electron chi connectivity index (χ4n) is 5.08. The SMILES string of the molecule is CCn1c2ccccc2c2cc(NC(=O)CN3c4ccc(F)cc4-c4ccccc4S3(=O)=O)ccc21. The number of amides is 1. The molecule has 0 saturated carbocycles. The Balaban J connectivity index is 1.36. The number of hydrogen-bond donors (Lipinski definition) is 1. The zero-order valence-electron chi connectivity index (χ0n) is 19.4. The topological polar surface area (TPSA) is 71.4 Å². The molecule has 1 aliphatic heterocycles. The number of carbonyl (C=O) groups is 1. The van der Waals surface area contributed by atoms with Gasteiger partial charge in [0.2, 0.25) is 5.91 Å². The molecule has 6 rings (SSSR count). The van der Waals surface area contributed by atoms with Gasteiger partial charge < -0.3 is 9.88 Å². The summed E-state index contributed by atoms with van der Waals surface area (Å²) in [5.41, 5.74) is 3.86.